The Morgan fingerprint density at radius 1 is 0.833 bits per heavy atom. The molecular weight excluding hydrogens is 552 g/mol. The Morgan fingerprint density at radius 2 is 1.45 bits per heavy atom. The molecule has 42 heavy (non-hydrogen) atoms. The molecule has 0 aliphatic carbocycles. The number of nitrogens with zero attached hydrogens (tertiary/aromatic N) is 3. The Balaban J connectivity index is 1.09. The average Bonchev–Trinajstić information content (AvgIpc) is 3.40. The summed E-state index contributed by atoms with van der Waals surface area (Å²) >= 11 is 6.25. The lowest BCUT2D eigenvalue weighted by Crippen LogP contribution is -2.38. The van der Waals surface area contributed by atoms with E-state index in [1.54, 1.807) is 13.0 Å². The van der Waals surface area contributed by atoms with E-state index in [0.29, 0.717) is 49.7 Å². The third-order valence-electron chi connectivity index (χ3n) is 8.22. The number of carbonyl (C=O) groups excluding carboxylic acids is 3. The van der Waals surface area contributed by atoms with Crippen LogP contribution in [0.15, 0.2) is 54.6 Å². The molecule has 1 N–H and O–H groups in total. The minimum absolute atomic E-state index is 0.0296. The normalized spacial score (nSPS) is 14.4. The molecule has 2 amide bonds. The molecule has 0 bridgehead atoms. The summed E-state index contributed by atoms with van der Waals surface area (Å²) in [6.07, 6.45) is 2.33. The van der Waals surface area contributed by atoms with Crippen LogP contribution in [0.3, 0.4) is 0 Å². The number of fused-ring (bicyclic) bond motifs is 3. The van der Waals surface area contributed by atoms with Crippen molar-refractivity contribution in [1.29, 1.82) is 0 Å². The topological polar surface area (TPSA) is 95.6 Å². The first kappa shape index (κ1) is 28.0. The van der Waals surface area contributed by atoms with Gasteiger partial charge < -0.3 is 14.5 Å². The highest BCUT2D eigenvalue weighted by Gasteiger charge is 2.25. The predicted molar refractivity (Wildman–Crippen MR) is 160 cm³/mol. The van der Waals surface area contributed by atoms with E-state index in [9.17, 15) is 14.4 Å². The second-order valence-electron chi connectivity index (χ2n) is 11.0. The molecule has 3 heterocycles. The Hall–Kier alpha value is -4.17. The predicted octanol–water partition coefficient (Wildman–Crippen LogP) is 4.58. The van der Waals surface area contributed by atoms with Crippen LogP contribution >= 0.6 is 11.6 Å². The Morgan fingerprint density at radius 3 is 2.10 bits per heavy atom. The summed E-state index contributed by atoms with van der Waals surface area (Å²) in [4.78, 5) is 42.3. The van der Waals surface area contributed by atoms with E-state index in [4.69, 9.17) is 16.3 Å². The lowest BCUT2D eigenvalue weighted by Gasteiger charge is -2.30. The van der Waals surface area contributed by atoms with Crippen LogP contribution in [-0.4, -0.2) is 57.5 Å². The monoisotopic (exact) mass is 584 g/mol. The molecule has 0 unspecified atom stereocenters. The van der Waals surface area contributed by atoms with Gasteiger partial charge in [-0.25, -0.2) is 0 Å². The molecule has 0 saturated heterocycles. The van der Waals surface area contributed by atoms with Crippen LogP contribution < -0.4 is 0 Å². The minimum atomic E-state index is -0.242. The average molecular weight is 585 g/mol. The second-order valence-corrected chi connectivity index (χ2v) is 11.4. The summed E-state index contributed by atoms with van der Waals surface area (Å²) in [6, 6.07) is 17.8. The molecule has 0 spiro atoms. The van der Waals surface area contributed by atoms with Crippen LogP contribution in [0.25, 0.3) is 10.9 Å². The van der Waals surface area contributed by atoms with Crippen molar-refractivity contribution in [3.05, 3.63) is 98.7 Å². The van der Waals surface area contributed by atoms with Gasteiger partial charge in [0.2, 0.25) is 11.8 Å². The van der Waals surface area contributed by atoms with Crippen LogP contribution in [0.4, 0.5) is 0 Å². The van der Waals surface area contributed by atoms with Gasteiger partial charge >= 0.3 is 5.97 Å². The standard InChI is InChI=1S/C33H33ClN4O4/c1-2-42-32(41)17-22-7-9-24-10-12-37(19-26(24)15-22)30(39)16-21-6-8-23-11-13-38(20-25(23)14-21)31(40)18-29-27-4-3-5-28(34)33(27)36-35-29/h3-9,14-15H,2,10-13,16-20H2,1H3,(H,35,36). The smallest absolute Gasteiger partial charge is 0.310 e. The van der Waals surface area contributed by atoms with Crippen molar-refractivity contribution in [3.8, 4) is 0 Å². The first-order valence-corrected chi connectivity index (χ1v) is 14.8. The van der Waals surface area contributed by atoms with E-state index in [1.807, 2.05) is 40.1 Å². The first-order chi connectivity index (χ1) is 20.4. The van der Waals surface area contributed by atoms with Crippen molar-refractivity contribution in [2.24, 2.45) is 0 Å². The summed E-state index contributed by atoms with van der Waals surface area (Å²) in [5.41, 5.74) is 7.90. The van der Waals surface area contributed by atoms with Gasteiger partial charge in [-0.2, -0.15) is 5.10 Å². The summed E-state index contributed by atoms with van der Waals surface area (Å²) in [5.74, 6) is -0.138. The van der Waals surface area contributed by atoms with Gasteiger partial charge in [0.05, 0.1) is 36.6 Å². The maximum absolute atomic E-state index is 13.3. The molecule has 8 nitrogen and oxygen atoms in total. The summed E-state index contributed by atoms with van der Waals surface area (Å²) in [5, 5.41) is 8.69. The molecule has 4 aromatic rings. The van der Waals surface area contributed by atoms with Gasteiger partial charge in [-0.15, -0.1) is 0 Å². The summed E-state index contributed by atoms with van der Waals surface area (Å²) in [6.45, 7) is 4.54. The van der Waals surface area contributed by atoms with Crippen molar-refractivity contribution in [3.63, 3.8) is 0 Å². The van der Waals surface area contributed by atoms with Crippen LogP contribution in [0.5, 0.6) is 0 Å². The molecule has 1 aromatic heterocycles. The molecule has 9 heteroatoms. The second kappa shape index (κ2) is 12.0. The number of aromatic amines is 1. The van der Waals surface area contributed by atoms with E-state index >= 15 is 0 Å². The number of ether oxygens (including phenoxy) is 1. The maximum Gasteiger partial charge on any atom is 0.310 e. The molecule has 3 aromatic carbocycles. The van der Waals surface area contributed by atoms with E-state index < -0.39 is 0 Å². The molecule has 0 fully saturated rings. The number of hydrogen-bond acceptors (Lipinski definition) is 5. The largest absolute Gasteiger partial charge is 0.466 e. The fraction of sp³-hybridized carbons (Fsp3) is 0.333. The summed E-state index contributed by atoms with van der Waals surface area (Å²) in [7, 11) is 0. The van der Waals surface area contributed by atoms with Crippen molar-refractivity contribution in [2.45, 2.75) is 52.1 Å². The number of para-hydroxylation sites is 1. The number of hydrogen-bond donors (Lipinski definition) is 1. The number of halogens is 1. The number of esters is 1. The Bertz CT molecular complexity index is 1680. The molecular formula is C33H33ClN4O4. The van der Waals surface area contributed by atoms with Crippen LogP contribution in [0.2, 0.25) is 5.02 Å². The number of benzene rings is 3. The van der Waals surface area contributed by atoms with Gasteiger partial charge in [-0.05, 0) is 59.2 Å². The van der Waals surface area contributed by atoms with Gasteiger partial charge in [0.25, 0.3) is 0 Å². The number of nitrogens with one attached hydrogen (secondary N) is 1. The SMILES string of the molecule is CCOC(=O)Cc1ccc2c(c1)CN(C(=O)Cc1ccc3c(c1)CN(C(=O)Cc1[nH]nc4c(Cl)cccc14)CC3)CC2. The lowest BCUT2D eigenvalue weighted by molar-refractivity contribution is -0.142. The van der Waals surface area contributed by atoms with Gasteiger partial charge in [0.15, 0.2) is 0 Å². The third-order valence-corrected chi connectivity index (χ3v) is 8.53. The number of amides is 2. The number of carbonyl (C=O) groups is 3. The third kappa shape index (κ3) is 5.90. The van der Waals surface area contributed by atoms with E-state index in [1.165, 1.54) is 11.1 Å². The maximum atomic E-state index is 13.3. The zero-order valence-electron chi connectivity index (χ0n) is 23.6. The fourth-order valence-corrected chi connectivity index (χ4v) is 6.20. The number of rotatable bonds is 7. The Kier molecular flexibility index (Phi) is 7.98. The highest BCUT2D eigenvalue weighted by molar-refractivity contribution is 6.35. The van der Waals surface area contributed by atoms with Crippen LogP contribution in [0, 0.1) is 0 Å². The van der Waals surface area contributed by atoms with Gasteiger partial charge in [-0.1, -0.05) is 60.1 Å². The minimum Gasteiger partial charge on any atom is -0.466 e. The molecule has 0 atom stereocenters. The quantitative estimate of drug-likeness (QED) is 0.321. The lowest BCUT2D eigenvalue weighted by atomic mass is 9.94. The van der Waals surface area contributed by atoms with E-state index in [2.05, 4.69) is 28.4 Å². The highest BCUT2D eigenvalue weighted by atomic mass is 35.5. The molecule has 0 radical (unpaired) electrons. The van der Waals surface area contributed by atoms with Gasteiger partial charge in [0, 0.05) is 31.6 Å². The van der Waals surface area contributed by atoms with Crippen LogP contribution in [-0.2, 0) is 64.3 Å². The van der Waals surface area contributed by atoms with Gasteiger partial charge in [0.1, 0.15) is 5.52 Å². The number of aromatic nitrogens is 2. The van der Waals surface area contributed by atoms with Crippen molar-refractivity contribution in [1.82, 2.24) is 20.0 Å². The van der Waals surface area contributed by atoms with Gasteiger partial charge in [-0.3, -0.25) is 19.5 Å². The number of H-pyrrole nitrogens is 1. The van der Waals surface area contributed by atoms with Crippen molar-refractivity contribution in [2.75, 3.05) is 19.7 Å². The molecule has 6 rings (SSSR count). The summed E-state index contributed by atoms with van der Waals surface area (Å²) < 4.78 is 5.08. The van der Waals surface area contributed by atoms with Crippen molar-refractivity contribution < 1.29 is 19.1 Å². The van der Waals surface area contributed by atoms with Crippen molar-refractivity contribution >= 4 is 40.3 Å². The zero-order chi connectivity index (χ0) is 29.2. The molecule has 2 aliphatic rings. The molecule has 216 valence electrons. The first-order valence-electron chi connectivity index (χ1n) is 14.4. The molecule has 0 saturated carbocycles. The molecule has 2 aliphatic heterocycles. The highest BCUT2D eigenvalue weighted by Crippen LogP contribution is 2.26. The fourth-order valence-electron chi connectivity index (χ4n) is 5.99. The zero-order valence-corrected chi connectivity index (χ0v) is 24.4. The van der Waals surface area contributed by atoms with Crippen LogP contribution in [0.1, 0.15) is 46.0 Å². The van der Waals surface area contributed by atoms with E-state index in [0.717, 1.165) is 46.2 Å². The van der Waals surface area contributed by atoms with E-state index in [-0.39, 0.29) is 30.6 Å². The Labute approximate surface area is 249 Å².